The van der Waals surface area contributed by atoms with Crippen LogP contribution >= 0.6 is 15.9 Å². The molecule has 1 fully saturated rings. The number of hydrogen-bond donors (Lipinski definition) is 1. The Morgan fingerprint density at radius 3 is 2.94 bits per heavy atom. The number of nitrogens with two attached hydrogens (primary N) is 1. The zero-order chi connectivity index (χ0) is 12.4. The van der Waals surface area contributed by atoms with Crippen molar-refractivity contribution in [2.75, 3.05) is 5.01 Å². The highest BCUT2D eigenvalue weighted by Gasteiger charge is 2.29. The third kappa shape index (κ3) is 2.40. The lowest BCUT2D eigenvalue weighted by molar-refractivity contribution is 0.486. The second-order valence-electron chi connectivity index (χ2n) is 4.36. The van der Waals surface area contributed by atoms with Crippen LogP contribution in [0.1, 0.15) is 32.0 Å². The van der Waals surface area contributed by atoms with E-state index in [2.05, 4.69) is 32.8 Å². The fourth-order valence-electron chi connectivity index (χ4n) is 2.29. The lowest BCUT2D eigenvalue weighted by Gasteiger charge is -2.28. The summed E-state index contributed by atoms with van der Waals surface area (Å²) in [5, 5.41) is 10.5. The monoisotopic (exact) mass is 295 g/mol. The highest BCUT2D eigenvalue weighted by Crippen LogP contribution is 2.32. The summed E-state index contributed by atoms with van der Waals surface area (Å²) in [7, 11) is 0. The zero-order valence-electron chi connectivity index (χ0n) is 9.60. The Labute approximate surface area is 109 Å². The Kier molecular flexibility index (Phi) is 3.60. The summed E-state index contributed by atoms with van der Waals surface area (Å²) >= 11 is 3.37. The summed E-state index contributed by atoms with van der Waals surface area (Å²) in [5.74, 6) is 7.40. The number of anilines is 1. The maximum atomic E-state index is 8.80. The van der Waals surface area contributed by atoms with Gasteiger partial charge in [0.2, 0.25) is 5.82 Å². The fraction of sp³-hybridized carbons (Fsp3) is 0.545. The number of aromatic nitrogens is 2. The highest BCUT2D eigenvalue weighted by molar-refractivity contribution is 9.10. The van der Waals surface area contributed by atoms with Gasteiger partial charge in [-0.2, -0.15) is 10.2 Å². The van der Waals surface area contributed by atoms with Crippen molar-refractivity contribution in [1.29, 1.82) is 5.26 Å². The van der Waals surface area contributed by atoms with E-state index in [1.807, 2.05) is 6.07 Å². The SMILES string of the molecule is C[C@@H]1CCC[C@H]1N(N)c1nc(C#N)ncc1Br. The van der Waals surface area contributed by atoms with E-state index < -0.39 is 0 Å². The van der Waals surface area contributed by atoms with Gasteiger partial charge in [-0.1, -0.05) is 13.3 Å². The van der Waals surface area contributed by atoms with Gasteiger partial charge >= 0.3 is 0 Å². The van der Waals surface area contributed by atoms with E-state index in [9.17, 15) is 0 Å². The van der Waals surface area contributed by atoms with Crippen molar-refractivity contribution in [3.05, 3.63) is 16.5 Å². The van der Waals surface area contributed by atoms with Crippen molar-refractivity contribution in [3.8, 4) is 6.07 Å². The minimum Gasteiger partial charge on any atom is -0.290 e. The van der Waals surface area contributed by atoms with Gasteiger partial charge in [0.05, 0.1) is 4.47 Å². The summed E-state index contributed by atoms with van der Waals surface area (Å²) in [6.07, 6.45) is 5.01. The Balaban J connectivity index is 2.30. The van der Waals surface area contributed by atoms with Gasteiger partial charge in [0, 0.05) is 12.2 Å². The van der Waals surface area contributed by atoms with Crippen LogP contribution in [0.15, 0.2) is 10.7 Å². The minimum absolute atomic E-state index is 0.143. The predicted molar refractivity (Wildman–Crippen MR) is 67.9 cm³/mol. The number of rotatable bonds is 2. The molecule has 90 valence electrons. The lowest BCUT2D eigenvalue weighted by atomic mass is 10.1. The van der Waals surface area contributed by atoms with Crippen LogP contribution in [0.25, 0.3) is 0 Å². The molecule has 1 aliphatic carbocycles. The molecular weight excluding hydrogens is 282 g/mol. The average Bonchev–Trinajstić information content (AvgIpc) is 2.75. The summed E-state index contributed by atoms with van der Waals surface area (Å²) in [6, 6.07) is 2.21. The maximum absolute atomic E-state index is 8.80. The second kappa shape index (κ2) is 4.98. The van der Waals surface area contributed by atoms with Gasteiger partial charge in [0.25, 0.3) is 0 Å². The zero-order valence-corrected chi connectivity index (χ0v) is 11.2. The predicted octanol–water partition coefficient (Wildman–Crippen LogP) is 1.98. The molecule has 0 radical (unpaired) electrons. The van der Waals surface area contributed by atoms with E-state index >= 15 is 0 Å². The molecule has 2 N–H and O–H groups in total. The third-order valence-electron chi connectivity index (χ3n) is 3.24. The van der Waals surface area contributed by atoms with Crippen LogP contribution in [-0.2, 0) is 0 Å². The number of nitriles is 1. The van der Waals surface area contributed by atoms with Gasteiger partial charge in [0.1, 0.15) is 6.07 Å². The molecule has 0 aliphatic heterocycles. The van der Waals surface area contributed by atoms with Crippen LogP contribution in [-0.4, -0.2) is 16.0 Å². The van der Waals surface area contributed by atoms with Crippen molar-refractivity contribution in [3.63, 3.8) is 0 Å². The second-order valence-corrected chi connectivity index (χ2v) is 5.21. The average molecular weight is 296 g/mol. The van der Waals surface area contributed by atoms with Crippen molar-refractivity contribution in [1.82, 2.24) is 9.97 Å². The Morgan fingerprint density at radius 2 is 2.35 bits per heavy atom. The van der Waals surface area contributed by atoms with Gasteiger partial charge in [-0.05, 0) is 34.7 Å². The van der Waals surface area contributed by atoms with Gasteiger partial charge in [0.15, 0.2) is 5.82 Å². The topological polar surface area (TPSA) is 78.8 Å². The van der Waals surface area contributed by atoms with Crippen LogP contribution < -0.4 is 10.9 Å². The van der Waals surface area contributed by atoms with Gasteiger partial charge in [-0.25, -0.2) is 10.8 Å². The van der Waals surface area contributed by atoms with E-state index in [-0.39, 0.29) is 11.9 Å². The Hall–Kier alpha value is -1.19. The molecule has 2 atom stereocenters. The first-order valence-corrected chi connectivity index (χ1v) is 6.39. The Morgan fingerprint density at radius 1 is 1.59 bits per heavy atom. The van der Waals surface area contributed by atoms with Gasteiger partial charge < -0.3 is 0 Å². The van der Waals surface area contributed by atoms with Crippen LogP contribution in [0.2, 0.25) is 0 Å². The molecule has 1 aromatic heterocycles. The normalized spacial score (nSPS) is 23.4. The van der Waals surface area contributed by atoms with Crippen molar-refractivity contribution in [2.24, 2.45) is 11.8 Å². The molecule has 6 heteroatoms. The summed E-state index contributed by atoms with van der Waals surface area (Å²) in [6.45, 7) is 2.19. The van der Waals surface area contributed by atoms with Crippen LogP contribution in [0.4, 0.5) is 5.82 Å². The molecule has 2 rings (SSSR count). The number of hydrazine groups is 1. The molecule has 1 aliphatic rings. The first kappa shape index (κ1) is 12.3. The first-order chi connectivity index (χ1) is 8.13. The standard InChI is InChI=1S/C11H14BrN5/c1-7-3-2-4-9(7)17(14)11-8(12)6-15-10(5-13)16-11/h6-7,9H,2-4,14H2,1H3/t7-,9-/m1/s1. The van der Waals surface area contributed by atoms with Gasteiger partial charge in [-0.15, -0.1) is 0 Å². The van der Waals surface area contributed by atoms with Crippen molar-refractivity contribution >= 4 is 21.7 Å². The molecule has 0 unspecified atom stereocenters. The molecule has 0 saturated heterocycles. The third-order valence-corrected chi connectivity index (χ3v) is 3.80. The molecule has 17 heavy (non-hydrogen) atoms. The molecule has 0 aromatic carbocycles. The lowest BCUT2D eigenvalue weighted by Crippen LogP contribution is -2.43. The van der Waals surface area contributed by atoms with Gasteiger partial charge in [-0.3, -0.25) is 5.01 Å². The quantitative estimate of drug-likeness (QED) is 0.667. The van der Waals surface area contributed by atoms with Crippen LogP contribution in [0.5, 0.6) is 0 Å². The van der Waals surface area contributed by atoms with Crippen molar-refractivity contribution in [2.45, 2.75) is 32.2 Å². The highest BCUT2D eigenvalue weighted by atomic mass is 79.9. The van der Waals surface area contributed by atoms with E-state index in [0.29, 0.717) is 11.7 Å². The molecule has 0 bridgehead atoms. The van der Waals surface area contributed by atoms with E-state index in [0.717, 1.165) is 10.9 Å². The molecule has 1 heterocycles. The summed E-state index contributed by atoms with van der Waals surface area (Å²) < 4.78 is 0.720. The molecule has 0 spiro atoms. The smallest absolute Gasteiger partial charge is 0.234 e. The molecule has 1 saturated carbocycles. The number of nitrogens with zero attached hydrogens (tertiary/aromatic N) is 4. The largest absolute Gasteiger partial charge is 0.290 e. The molecular formula is C11H14BrN5. The minimum atomic E-state index is 0.143. The summed E-state index contributed by atoms with van der Waals surface area (Å²) in [4.78, 5) is 8.04. The van der Waals surface area contributed by atoms with Crippen molar-refractivity contribution < 1.29 is 0 Å². The molecule has 1 aromatic rings. The number of halogens is 1. The number of hydrogen-bond acceptors (Lipinski definition) is 5. The Bertz CT molecular complexity index is 456. The fourth-order valence-corrected chi connectivity index (χ4v) is 2.69. The molecule has 5 nitrogen and oxygen atoms in total. The van der Waals surface area contributed by atoms with Crippen LogP contribution in [0.3, 0.4) is 0 Å². The van der Waals surface area contributed by atoms with E-state index in [1.54, 1.807) is 11.2 Å². The first-order valence-electron chi connectivity index (χ1n) is 5.60. The van der Waals surface area contributed by atoms with E-state index in [1.165, 1.54) is 12.8 Å². The van der Waals surface area contributed by atoms with Crippen LogP contribution in [0, 0.1) is 17.2 Å². The maximum Gasteiger partial charge on any atom is 0.234 e. The summed E-state index contributed by atoms with van der Waals surface area (Å²) in [5.41, 5.74) is 0. The van der Waals surface area contributed by atoms with E-state index in [4.69, 9.17) is 11.1 Å². The molecule has 0 amide bonds.